The van der Waals surface area contributed by atoms with Gasteiger partial charge in [-0.15, -0.1) is 11.3 Å². The van der Waals surface area contributed by atoms with Crippen molar-refractivity contribution in [3.05, 3.63) is 46.3 Å². The van der Waals surface area contributed by atoms with Gasteiger partial charge < -0.3 is 5.73 Å². The summed E-state index contributed by atoms with van der Waals surface area (Å²) in [6.07, 6.45) is 0. The molecule has 1 nitrogen and oxygen atoms in total. The molecule has 1 heterocycles. The fraction of sp³-hybridized carbons (Fsp3) is 0.286. The summed E-state index contributed by atoms with van der Waals surface area (Å²) >= 11 is 7.64. The van der Waals surface area contributed by atoms with Gasteiger partial charge >= 0.3 is 0 Å². The van der Waals surface area contributed by atoms with Crippen LogP contribution in [0.5, 0.6) is 0 Å². The minimum absolute atomic E-state index is 0.0428. The van der Waals surface area contributed by atoms with E-state index in [4.69, 9.17) is 17.3 Å². The van der Waals surface area contributed by atoms with E-state index in [-0.39, 0.29) is 5.41 Å². The van der Waals surface area contributed by atoms with Crippen LogP contribution >= 0.6 is 22.9 Å². The van der Waals surface area contributed by atoms with E-state index in [0.717, 1.165) is 5.02 Å². The standard InChI is InChI=1S/C14H16ClNS/c1-14(2,9-16)11-7-13(17-8-11)10-3-5-12(15)6-4-10/h3-8H,9,16H2,1-2H3. The second-order valence-electron chi connectivity index (χ2n) is 4.79. The van der Waals surface area contributed by atoms with Gasteiger partial charge in [-0.3, -0.25) is 0 Å². The summed E-state index contributed by atoms with van der Waals surface area (Å²) in [5.74, 6) is 0. The first-order valence-corrected chi connectivity index (χ1v) is 6.84. The minimum atomic E-state index is 0.0428. The number of thiophene rings is 1. The monoisotopic (exact) mass is 265 g/mol. The average Bonchev–Trinajstić information content (AvgIpc) is 2.80. The molecule has 17 heavy (non-hydrogen) atoms. The van der Waals surface area contributed by atoms with Gasteiger partial charge in [-0.2, -0.15) is 0 Å². The second kappa shape index (κ2) is 4.81. The quantitative estimate of drug-likeness (QED) is 0.880. The van der Waals surface area contributed by atoms with Crippen LogP contribution in [0.4, 0.5) is 0 Å². The molecule has 2 N–H and O–H groups in total. The van der Waals surface area contributed by atoms with E-state index < -0.39 is 0 Å². The molecule has 0 radical (unpaired) electrons. The van der Waals surface area contributed by atoms with Crippen molar-refractivity contribution >= 4 is 22.9 Å². The minimum Gasteiger partial charge on any atom is -0.330 e. The smallest absolute Gasteiger partial charge is 0.0406 e. The van der Waals surface area contributed by atoms with Crippen molar-refractivity contribution in [2.45, 2.75) is 19.3 Å². The Morgan fingerprint density at radius 3 is 2.47 bits per heavy atom. The van der Waals surface area contributed by atoms with Crippen LogP contribution in [-0.2, 0) is 5.41 Å². The molecule has 90 valence electrons. The van der Waals surface area contributed by atoms with Gasteiger partial charge in [0.15, 0.2) is 0 Å². The average molecular weight is 266 g/mol. The van der Waals surface area contributed by atoms with Crippen molar-refractivity contribution in [3.63, 3.8) is 0 Å². The summed E-state index contributed by atoms with van der Waals surface area (Å²) in [7, 11) is 0. The lowest BCUT2D eigenvalue weighted by Gasteiger charge is -2.20. The highest BCUT2D eigenvalue weighted by Gasteiger charge is 2.20. The van der Waals surface area contributed by atoms with Gasteiger partial charge in [-0.05, 0) is 34.7 Å². The molecule has 0 fully saturated rings. The molecule has 0 aliphatic carbocycles. The van der Waals surface area contributed by atoms with Gasteiger partial charge in [0.1, 0.15) is 0 Å². The first-order valence-electron chi connectivity index (χ1n) is 5.58. The summed E-state index contributed by atoms with van der Waals surface area (Å²) in [6.45, 7) is 4.99. The lowest BCUT2D eigenvalue weighted by molar-refractivity contribution is 0.541. The normalized spacial score (nSPS) is 11.8. The van der Waals surface area contributed by atoms with Crippen LogP contribution in [0.1, 0.15) is 19.4 Å². The van der Waals surface area contributed by atoms with Gasteiger partial charge in [0.25, 0.3) is 0 Å². The van der Waals surface area contributed by atoms with E-state index in [1.165, 1.54) is 16.0 Å². The summed E-state index contributed by atoms with van der Waals surface area (Å²) in [4.78, 5) is 1.26. The predicted molar refractivity (Wildman–Crippen MR) is 76.8 cm³/mol. The van der Waals surface area contributed by atoms with Gasteiger partial charge in [-0.1, -0.05) is 37.6 Å². The Hall–Kier alpha value is -0.830. The number of halogens is 1. The third-order valence-corrected chi connectivity index (χ3v) is 4.25. The summed E-state index contributed by atoms with van der Waals surface area (Å²) in [6, 6.07) is 10.2. The molecule has 1 aromatic heterocycles. The van der Waals surface area contributed by atoms with E-state index in [2.05, 4.69) is 25.3 Å². The number of benzene rings is 1. The first kappa shape index (κ1) is 12.6. The Morgan fingerprint density at radius 2 is 1.88 bits per heavy atom. The van der Waals surface area contributed by atoms with Crippen molar-refractivity contribution in [2.75, 3.05) is 6.54 Å². The Bertz CT molecular complexity index is 499. The third kappa shape index (κ3) is 2.71. The molecule has 0 amide bonds. The van der Waals surface area contributed by atoms with Crippen LogP contribution in [-0.4, -0.2) is 6.54 Å². The molecule has 1 aromatic carbocycles. The van der Waals surface area contributed by atoms with Crippen molar-refractivity contribution < 1.29 is 0 Å². The fourth-order valence-corrected chi connectivity index (χ4v) is 2.81. The zero-order chi connectivity index (χ0) is 12.5. The topological polar surface area (TPSA) is 26.0 Å². The summed E-state index contributed by atoms with van der Waals surface area (Å²) < 4.78 is 0. The van der Waals surface area contributed by atoms with Gasteiger partial charge in [0, 0.05) is 21.9 Å². The molecule has 0 saturated heterocycles. The molecular weight excluding hydrogens is 250 g/mol. The van der Waals surface area contributed by atoms with Crippen LogP contribution in [0.15, 0.2) is 35.7 Å². The third-order valence-electron chi connectivity index (χ3n) is 3.02. The molecule has 3 heteroatoms. The zero-order valence-electron chi connectivity index (χ0n) is 10.0. The molecule has 0 aliphatic rings. The summed E-state index contributed by atoms with van der Waals surface area (Å²) in [5, 5.41) is 2.96. The van der Waals surface area contributed by atoms with Crippen LogP contribution < -0.4 is 5.73 Å². The second-order valence-corrected chi connectivity index (χ2v) is 6.14. The first-order chi connectivity index (χ1) is 8.03. The van der Waals surface area contributed by atoms with E-state index in [0.29, 0.717) is 6.54 Å². The van der Waals surface area contributed by atoms with E-state index >= 15 is 0 Å². The molecular formula is C14H16ClNS. The van der Waals surface area contributed by atoms with E-state index in [9.17, 15) is 0 Å². The van der Waals surface area contributed by atoms with Gasteiger partial charge in [0.2, 0.25) is 0 Å². The van der Waals surface area contributed by atoms with Crippen molar-refractivity contribution in [2.24, 2.45) is 5.73 Å². The summed E-state index contributed by atoms with van der Waals surface area (Å²) in [5.41, 5.74) is 8.34. The maximum atomic E-state index is 5.89. The largest absolute Gasteiger partial charge is 0.330 e. The number of rotatable bonds is 3. The SMILES string of the molecule is CC(C)(CN)c1csc(-c2ccc(Cl)cc2)c1. The highest BCUT2D eigenvalue weighted by Crippen LogP contribution is 2.33. The Labute approximate surface area is 111 Å². The lowest BCUT2D eigenvalue weighted by atomic mass is 9.86. The van der Waals surface area contributed by atoms with Crippen LogP contribution in [0.2, 0.25) is 5.02 Å². The molecule has 0 aliphatic heterocycles. The number of hydrogen-bond acceptors (Lipinski definition) is 2. The Kier molecular flexibility index (Phi) is 3.57. The van der Waals surface area contributed by atoms with E-state index in [1.807, 2.05) is 24.3 Å². The zero-order valence-corrected chi connectivity index (χ0v) is 11.6. The van der Waals surface area contributed by atoms with Crippen LogP contribution in [0.25, 0.3) is 10.4 Å². The van der Waals surface area contributed by atoms with Crippen LogP contribution in [0.3, 0.4) is 0 Å². The molecule has 0 saturated carbocycles. The van der Waals surface area contributed by atoms with E-state index in [1.54, 1.807) is 11.3 Å². The Balaban J connectivity index is 2.33. The van der Waals surface area contributed by atoms with Gasteiger partial charge in [0.05, 0.1) is 0 Å². The van der Waals surface area contributed by atoms with Crippen molar-refractivity contribution in [1.29, 1.82) is 0 Å². The number of nitrogens with two attached hydrogens (primary N) is 1. The molecule has 0 spiro atoms. The van der Waals surface area contributed by atoms with Crippen molar-refractivity contribution in [3.8, 4) is 10.4 Å². The maximum Gasteiger partial charge on any atom is 0.0406 e. The molecule has 0 unspecified atom stereocenters. The van der Waals surface area contributed by atoms with Crippen molar-refractivity contribution in [1.82, 2.24) is 0 Å². The molecule has 2 aromatic rings. The fourth-order valence-electron chi connectivity index (χ4n) is 1.57. The molecule has 0 atom stereocenters. The Morgan fingerprint density at radius 1 is 1.24 bits per heavy atom. The van der Waals surface area contributed by atoms with Crippen LogP contribution in [0, 0.1) is 0 Å². The lowest BCUT2D eigenvalue weighted by Crippen LogP contribution is -2.27. The maximum absolute atomic E-state index is 5.89. The highest BCUT2D eigenvalue weighted by atomic mass is 35.5. The molecule has 0 bridgehead atoms. The highest BCUT2D eigenvalue weighted by molar-refractivity contribution is 7.13. The van der Waals surface area contributed by atoms with Gasteiger partial charge in [-0.25, -0.2) is 0 Å². The molecule has 2 rings (SSSR count). The number of hydrogen-bond donors (Lipinski definition) is 1. The predicted octanol–water partition coefficient (Wildman–Crippen LogP) is 4.30.